The van der Waals surface area contributed by atoms with Gasteiger partial charge in [-0.05, 0) is 44.0 Å². The van der Waals surface area contributed by atoms with Crippen molar-refractivity contribution in [3.05, 3.63) is 24.3 Å². The number of benzene rings is 1. The van der Waals surface area contributed by atoms with E-state index in [4.69, 9.17) is 5.73 Å². The van der Waals surface area contributed by atoms with Crippen LogP contribution in [0.1, 0.15) is 19.8 Å². The molecule has 0 amide bonds. The van der Waals surface area contributed by atoms with Gasteiger partial charge >= 0.3 is 0 Å². The second-order valence-corrected chi connectivity index (χ2v) is 5.24. The van der Waals surface area contributed by atoms with E-state index in [2.05, 4.69) is 55.1 Å². The summed E-state index contributed by atoms with van der Waals surface area (Å²) in [7, 11) is 4.13. The first kappa shape index (κ1) is 12.2. The molecule has 0 aliphatic carbocycles. The largest absolute Gasteiger partial charge is 0.378 e. The molecular formula is C14H23N3. The van der Waals surface area contributed by atoms with Crippen LogP contribution in [-0.2, 0) is 0 Å². The molecule has 1 heterocycles. The number of hydrogen-bond acceptors (Lipinski definition) is 3. The van der Waals surface area contributed by atoms with Gasteiger partial charge < -0.3 is 15.5 Å². The molecule has 1 aromatic rings. The molecule has 1 aliphatic rings. The Morgan fingerprint density at radius 2 is 1.88 bits per heavy atom. The lowest BCUT2D eigenvalue weighted by atomic mass is 9.98. The van der Waals surface area contributed by atoms with E-state index >= 15 is 0 Å². The molecule has 2 rings (SSSR count). The van der Waals surface area contributed by atoms with Crippen LogP contribution in [0, 0.1) is 0 Å². The van der Waals surface area contributed by atoms with E-state index < -0.39 is 0 Å². The van der Waals surface area contributed by atoms with Gasteiger partial charge in [-0.2, -0.15) is 0 Å². The fourth-order valence-electron chi connectivity index (χ4n) is 2.53. The average molecular weight is 233 g/mol. The number of nitrogens with two attached hydrogens (primary N) is 1. The minimum atomic E-state index is 0.377. The average Bonchev–Trinajstić information content (AvgIpc) is 2.29. The molecule has 2 atom stereocenters. The van der Waals surface area contributed by atoms with Gasteiger partial charge in [0.15, 0.2) is 0 Å². The normalized spacial score (nSPS) is 24.8. The van der Waals surface area contributed by atoms with Crippen LogP contribution in [0.5, 0.6) is 0 Å². The highest BCUT2D eigenvalue weighted by atomic mass is 15.2. The highest BCUT2D eigenvalue weighted by Crippen LogP contribution is 2.25. The van der Waals surface area contributed by atoms with Crippen molar-refractivity contribution < 1.29 is 0 Å². The van der Waals surface area contributed by atoms with Crippen molar-refractivity contribution >= 4 is 11.4 Å². The summed E-state index contributed by atoms with van der Waals surface area (Å²) in [6.45, 7) is 3.34. The van der Waals surface area contributed by atoms with Crippen LogP contribution < -0.4 is 15.5 Å². The molecule has 3 heteroatoms. The summed E-state index contributed by atoms with van der Waals surface area (Å²) in [6, 6.07) is 9.70. The molecule has 1 fully saturated rings. The van der Waals surface area contributed by atoms with Crippen molar-refractivity contribution in [2.45, 2.75) is 31.8 Å². The minimum Gasteiger partial charge on any atom is -0.378 e. The molecule has 94 valence electrons. The van der Waals surface area contributed by atoms with Gasteiger partial charge in [0, 0.05) is 44.1 Å². The van der Waals surface area contributed by atoms with Gasteiger partial charge in [-0.3, -0.25) is 0 Å². The number of hydrogen-bond donors (Lipinski definition) is 1. The smallest absolute Gasteiger partial charge is 0.0370 e. The first-order chi connectivity index (χ1) is 8.08. The molecule has 3 nitrogen and oxygen atoms in total. The molecule has 0 radical (unpaired) electrons. The van der Waals surface area contributed by atoms with E-state index in [0.29, 0.717) is 12.1 Å². The summed E-state index contributed by atoms with van der Waals surface area (Å²) in [5, 5.41) is 0. The fraction of sp³-hybridized carbons (Fsp3) is 0.571. The van der Waals surface area contributed by atoms with Gasteiger partial charge in [0.1, 0.15) is 0 Å². The fourth-order valence-corrected chi connectivity index (χ4v) is 2.53. The van der Waals surface area contributed by atoms with Gasteiger partial charge in [0.25, 0.3) is 0 Å². The molecule has 17 heavy (non-hydrogen) atoms. The molecular weight excluding hydrogens is 210 g/mol. The molecule has 0 spiro atoms. The van der Waals surface area contributed by atoms with Gasteiger partial charge in [-0.1, -0.05) is 0 Å². The van der Waals surface area contributed by atoms with E-state index in [1.807, 2.05) is 0 Å². The Balaban J connectivity index is 2.11. The predicted molar refractivity (Wildman–Crippen MR) is 74.8 cm³/mol. The first-order valence-electron chi connectivity index (χ1n) is 6.37. The van der Waals surface area contributed by atoms with Crippen LogP contribution in [-0.4, -0.2) is 32.7 Å². The highest BCUT2D eigenvalue weighted by Gasteiger charge is 2.23. The van der Waals surface area contributed by atoms with E-state index in [1.165, 1.54) is 11.4 Å². The van der Waals surface area contributed by atoms with Crippen LogP contribution in [0.15, 0.2) is 24.3 Å². The van der Waals surface area contributed by atoms with Gasteiger partial charge in [0.05, 0.1) is 0 Å². The van der Waals surface area contributed by atoms with Crippen molar-refractivity contribution in [2.75, 3.05) is 30.4 Å². The lowest BCUT2D eigenvalue weighted by Crippen LogP contribution is -2.45. The zero-order chi connectivity index (χ0) is 12.4. The zero-order valence-electron chi connectivity index (χ0n) is 11.1. The van der Waals surface area contributed by atoms with Crippen LogP contribution in [0.25, 0.3) is 0 Å². The third-order valence-corrected chi connectivity index (χ3v) is 3.61. The van der Waals surface area contributed by atoms with Crippen molar-refractivity contribution in [1.29, 1.82) is 0 Å². The second kappa shape index (κ2) is 4.96. The van der Waals surface area contributed by atoms with Gasteiger partial charge in [0.2, 0.25) is 0 Å². The Morgan fingerprint density at radius 1 is 1.24 bits per heavy atom. The lowest BCUT2D eigenvalue weighted by molar-refractivity contribution is 0.430. The number of piperidine rings is 1. The zero-order valence-corrected chi connectivity index (χ0v) is 11.1. The Labute approximate surface area is 104 Å². The second-order valence-electron chi connectivity index (χ2n) is 5.24. The van der Waals surface area contributed by atoms with E-state index in [0.717, 1.165) is 19.4 Å². The Bertz CT molecular complexity index is 358. The third-order valence-electron chi connectivity index (χ3n) is 3.61. The third kappa shape index (κ3) is 2.72. The van der Waals surface area contributed by atoms with E-state index in [-0.39, 0.29) is 0 Å². The molecule has 1 aromatic carbocycles. The molecule has 1 aliphatic heterocycles. The number of rotatable bonds is 2. The molecule has 0 aromatic heterocycles. The summed E-state index contributed by atoms with van der Waals surface area (Å²) in [5.74, 6) is 0. The summed E-state index contributed by atoms with van der Waals surface area (Å²) >= 11 is 0. The summed E-state index contributed by atoms with van der Waals surface area (Å²) in [5.41, 5.74) is 8.56. The monoisotopic (exact) mass is 233 g/mol. The molecule has 0 saturated carbocycles. The van der Waals surface area contributed by atoms with Crippen LogP contribution in [0.3, 0.4) is 0 Å². The topological polar surface area (TPSA) is 32.5 Å². The molecule has 2 unspecified atom stereocenters. The van der Waals surface area contributed by atoms with Crippen LogP contribution >= 0.6 is 0 Å². The van der Waals surface area contributed by atoms with Crippen LogP contribution in [0.2, 0.25) is 0 Å². The van der Waals surface area contributed by atoms with E-state index in [1.54, 1.807) is 0 Å². The lowest BCUT2D eigenvalue weighted by Gasteiger charge is -2.38. The maximum Gasteiger partial charge on any atom is 0.0370 e. The summed E-state index contributed by atoms with van der Waals surface area (Å²) in [6.07, 6.45) is 2.19. The van der Waals surface area contributed by atoms with Crippen LogP contribution in [0.4, 0.5) is 11.4 Å². The molecule has 0 bridgehead atoms. The summed E-state index contributed by atoms with van der Waals surface area (Å²) in [4.78, 5) is 4.59. The van der Waals surface area contributed by atoms with Crippen molar-refractivity contribution in [3.8, 4) is 0 Å². The quantitative estimate of drug-likeness (QED) is 0.848. The van der Waals surface area contributed by atoms with Crippen molar-refractivity contribution in [3.63, 3.8) is 0 Å². The maximum absolute atomic E-state index is 6.00. The molecule has 2 N–H and O–H groups in total. The van der Waals surface area contributed by atoms with Crippen molar-refractivity contribution in [1.82, 2.24) is 0 Å². The van der Waals surface area contributed by atoms with Gasteiger partial charge in [-0.15, -0.1) is 0 Å². The Kier molecular flexibility index (Phi) is 3.57. The standard InChI is InChI=1S/C14H23N3/c1-11-10-12(15)8-9-17(11)14-6-4-13(5-7-14)16(2)3/h4-7,11-12H,8-10,15H2,1-3H3. The highest BCUT2D eigenvalue weighted by molar-refractivity contribution is 5.56. The van der Waals surface area contributed by atoms with E-state index in [9.17, 15) is 0 Å². The number of nitrogens with zero attached hydrogens (tertiary/aromatic N) is 2. The minimum absolute atomic E-state index is 0.377. The van der Waals surface area contributed by atoms with Crippen molar-refractivity contribution in [2.24, 2.45) is 5.73 Å². The Morgan fingerprint density at radius 3 is 2.41 bits per heavy atom. The molecule has 1 saturated heterocycles. The first-order valence-corrected chi connectivity index (χ1v) is 6.37. The Hall–Kier alpha value is -1.22. The summed E-state index contributed by atoms with van der Waals surface area (Å²) < 4.78 is 0. The SMILES string of the molecule is CC1CC(N)CCN1c1ccc(N(C)C)cc1. The van der Waals surface area contributed by atoms with Gasteiger partial charge in [-0.25, -0.2) is 0 Å². The maximum atomic E-state index is 6.00. The predicted octanol–water partition coefficient (Wildman–Crippen LogP) is 2.07. The number of anilines is 2.